The molecule has 0 unspecified atom stereocenters. The third-order valence-electron chi connectivity index (χ3n) is 3.54. The Bertz CT molecular complexity index is 361. The Morgan fingerprint density at radius 3 is 2.47 bits per heavy atom. The highest BCUT2D eigenvalue weighted by molar-refractivity contribution is 5.05. The zero-order valence-electron chi connectivity index (χ0n) is 11.5. The molecule has 4 nitrogen and oxygen atoms in total. The largest absolute Gasteiger partial charge is 0.329 e. The third kappa shape index (κ3) is 2.87. The maximum absolute atomic E-state index is 4.56. The van der Waals surface area contributed by atoms with Crippen molar-refractivity contribution in [3.63, 3.8) is 0 Å². The molecule has 1 fully saturated rings. The number of aromatic nitrogens is 2. The van der Waals surface area contributed by atoms with Crippen LogP contribution in [-0.4, -0.2) is 52.6 Å². The number of nitrogens with zero attached hydrogens (tertiary/aromatic N) is 4. The fourth-order valence-electron chi connectivity index (χ4n) is 2.52. The molecule has 0 aromatic carbocycles. The van der Waals surface area contributed by atoms with Crippen LogP contribution in [0, 0.1) is 6.92 Å². The maximum atomic E-state index is 4.56. The zero-order chi connectivity index (χ0) is 12.4. The minimum absolute atomic E-state index is 0.500. The van der Waals surface area contributed by atoms with Crippen molar-refractivity contribution < 1.29 is 0 Å². The van der Waals surface area contributed by atoms with E-state index >= 15 is 0 Å². The summed E-state index contributed by atoms with van der Waals surface area (Å²) in [6.45, 7) is 12.2. The summed E-state index contributed by atoms with van der Waals surface area (Å²) in [4.78, 5) is 9.44. The van der Waals surface area contributed by atoms with Gasteiger partial charge < -0.3 is 9.47 Å². The second-order valence-electron chi connectivity index (χ2n) is 5.36. The number of hydrogen-bond donors (Lipinski definition) is 0. The molecule has 1 aliphatic heterocycles. The minimum atomic E-state index is 0.500. The topological polar surface area (TPSA) is 24.3 Å². The van der Waals surface area contributed by atoms with Crippen LogP contribution in [0.4, 0.5) is 0 Å². The average Bonchev–Trinajstić information content (AvgIpc) is 2.63. The molecule has 0 aliphatic carbocycles. The van der Waals surface area contributed by atoms with Crippen LogP contribution in [0.15, 0.2) is 6.20 Å². The van der Waals surface area contributed by atoms with Crippen molar-refractivity contribution >= 4 is 0 Å². The highest BCUT2D eigenvalue weighted by atomic mass is 15.3. The number of imidazole rings is 1. The minimum Gasteiger partial charge on any atom is -0.329 e. The predicted molar refractivity (Wildman–Crippen MR) is 70.1 cm³/mol. The van der Waals surface area contributed by atoms with Crippen molar-refractivity contribution in [1.82, 2.24) is 19.4 Å². The van der Waals surface area contributed by atoms with Crippen molar-refractivity contribution in [3.05, 3.63) is 17.7 Å². The van der Waals surface area contributed by atoms with E-state index in [4.69, 9.17) is 0 Å². The van der Waals surface area contributed by atoms with E-state index in [2.05, 4.69) is 47.2 Å². The van der Waals surface area contributed by atoms with Crippen LogP contribution in [0.5, 0.6) is 0 Å². The molecule has 1 aliphatic rings. The van der Waals surface area contributed by atoms with E-state index < -0.39 is 0 Å². The lowest BCUT2D eigenvalue weighted by atomic mass is 10.3. The van der Waals surface area contributed by atoms with E-state index in [1.165, 1.54) is 24.6 Å². The molecular weight excluding hydrogens is 212 g/mol. The highest BCUT2D eigenvalue weighted by Crippen LogP contribution is 2.15. The summed E-state index contributed by atoms with van der Waals surface area (Å²) >= 11 is 0. The van der Waals surface area contributed by atoms with Gasteiger partial charge >= 0.3 is 0 Å². The molecule has 0 atom stereocenters. The van der Waals surface area contributed by atoms with Crippen LogP contribution < -0.4 is 0 Å². The van der Waals surface area contributed by atoms with E-state index in [9.17, 15) is 0 Å². The molecule has 1 saturated heterocycles. The Kier molecular flexibility index (Phi) is 3.84. The first-order valence-corrected chi connectivity index (χ1v) is 6.51. The van der Waals surface area contributed by atoms with Crippen LogP contribution in [0.2, 0.25) is 0 Å². The third-order valence-corrected chi connectivity index (χ3v) is 3.54. The lowest BCUT2D eigenvalue weighted by Gasteiger charge is -2.32. The lowest BCUT2D eigenvalue weighted by molar-refractivity contribution is 0.143. The van der Waals surface area contributed by atoms with Crippen molar-refractivity contribution in [2.75, 3.05) is 33.2 Å². The van der Waals surface area contributed by atoms with E-state index in [0.29, 0.717) is 6.04 Å². The number of aryl methyl sites for hydroxylation is 1. The van der Waals surface area contributed by atoms with Crippen molar-refractivity contribution in [2.45, 2.75) is 33.4 Å². The van der Waals surface area contributed by atoms with Gasteiger partial charge in [0, 0.05) is 44.1 Å². The fraction of sp³-hybridized carbons (Fsp3) is 0.769. The molecule has 0 amide bonds. The Morgan fingerprint density at radius 1 is 1.24 bits per heavy atom. The zero-order valence-corrected chi connectivity index (χ0v) is 11.5. The molecule has 0 spiro atoms. The van der Waals surface area contributed by atoms with Crippen LogP contribution in [0.1, 0.15) is 31.4 Å². The molecule has 2 rings (SSSR count). The number of likely N-dealkylation sites (N-methyl/N-ethyl adjacent to an activating group) is 1. The SMILES string of the molecule is Cc1cnc(CN2CCN(C)CC2)n1C(C)C. The smallest absolute Gasteiger partial charge is 0.123 e. The Balaban J connectivity index is 2.03. The van der Waals surface area contributed by atoms with E-state index in [-0.39, 0.29) is 0 Å². The Hall–Kier alpha value is -0.870. The van der Waals surface area contributed by atoms with E-state index in [1.54, 1.807) is 0 Å². The second-order valence-corrected chi connectivity index (χ2v) is 5.36. The van der Waals surface area contributed by atoms with Gasteiger partial charge in [-0.15, -0.1) is 0 Å². The molecule has 0 saturated carbocycles. The molecular formula is C13H24N4. The number of hydrogen-bond acceptors (Lipinski definition) is 3. The summed E-state index contributed by atoms with van der Waals surface area (Å²) in [6, 6.07) is 0.500. The van der Waals surface area contributed by atoms with Crippen molar-refractivity contribution in [1.29, 1.82) is 0 Å². The molecule has 4 heteroatoms. The number of rotatable bonds is 3. The second kappa shape index (κ2) is 5.19. The normalized spacial score (nSPS) is 19.1. The van der Waals surface area contributed by atoms with Crippen LogP contribution in [0.25, 0.3) is 0 Å². The van der Waals surface area contributed by atoms with Gasteiger partial charge in [-0.05, 0) is 27.8 Å². The first kappa shape index (κ1) is 12.6. The molecule has 0 bridgehead atoms. The molecule has 0 radical (unpaired) electrons. The molecule has 1 aromatic rings. The first-order valence-electron chi connectivity index (χ1n) is 6.51. The summed E-state index contributed by atoms with van der Waals surface area (Å²) in [5, 5.41) is 0. The van der Waals surface area contributed by atoms with Gasteiger partial charge in [0.15, 0.2) is 0 Å². The van der Waals surface area contributed by atoms with E-state index in [1.807, 2.05) is 6.20 Å². The fourth-order valence-corrected chi connectivity index (χ4v) is 2.52. The van der Waals surface area contributed by atoms with Gasteiger partial charge in [-0.2, -0.15) is 0 Å². The molecule has 1 aromatic heterocycles. The molecule has 0 N–H and O–H groups in total. The van der Waals surface area contributed by atoms with Gasteiger partial charge in [0.1, 0.15) is 5.82 Å². The van der Waals surface area contributed by atoms with Crippen LogP contribution in [0.3, 0.4) is 0 Å². The number of piperazine rings is 1. The first-order chi connectivity index (χ1) is 8.08. The summed E-state index contributed by atoms with van der Waals surface area (Å²) in [6.07, 6.45) is 1.99. The summed E-state index contributed by atoms with van der Waals surface area (Å²) < 4.78 is 2.35. The van der Waals surface area contributed by atoms with Crippen LogP contribution in [-0.2, 0) is 6.54 Å². The van der Waals surface area contributed by atoms with Gasteiger partial charge in [0.25, 0.3) is 0 Å². The van der Waals surface area contributed by atoms with Crippen molar-refractivity contribution in [2.24, 2.45) is 0 Å². The average molecular weight is 236 g/mol. The van der Waals surface area contributed by atoms with Gasteiger partial charge in [-0.3, -0.25) is 4.90 Å². The highest BCUT2D eigenvalue weighted by Gasteiger charge is 2.17. The monoisotopic (exact) mass is 236 g/mol. The standard InChI is InChI=1S/C13H24N4/c1-11(2)17-12(3)9-14-13(17)10-16-7-5-15(4)6-8-16/h9,11H,5-8,10H2,1-4H3. The quantitative estimate of drug-likeness (QED) is 0.795. The molecule has 96 valence electrons. The van der Waals surface area contributed by atoms with E-state index in [0.717, 1.165) is 19.6 Å². The summed E-state index contributed by atoms with van der Waals surface area (Å²) in [5.74, 6) is 1.21. The van der Waals surface area contributed by atoms with Gasteiger partial charge in [-0.25, -0.2) is 4.98 Å². The van der Waals surface area contributed by atoms with Gasteiger partial charge in [0.2, 0.25) is 0 Å². The van der Waals surface area contributed by atoms with Gasteiger partial charge in [0.05, 0.1) is 6.54 Å². The predicted octanol–water partition coefficient (Wildman–Crippen LogP) is 1.52. The molecule has 2 heterocycles. The van der Waals surface area contributed by atoms with Crippen molar-refractivity contribution in [3.8, 4) is 0 Å². The molecule has 17 heavy (non-hydrogen) atoms. The summed E-state index contributed by atoms with van der Waals surface area (Å²) in [7, 11) is 2.19. The maximum Gasteiger partial charge on any atom is 0.123 e. The summed E-state index contributed by atoms with van der Waals surface area (Å²) in [5.41, 5.74) is 1.27. The Morgan fingerprint density at radius 2 is 1.88 bits per heavy atom. The lowest BCUT2D eigenvalue weighted by Crippen LogP contribution is -2.44. The van der Waals surface area contributed by atoms with Crippen LogP contribution >= 0.6 is 0 Å². The van der Waals surface area contributed by atoms with Gasteiger partial charge in [-0.1, -0.05) is 0 Å². The Labute approximate surface area is 104 Å².